The largest absolute Gasteiger partial charge is 0.573 e. The minimum atomic E-state index is -4.80. The third-order valence-electron chi connectivity index (χ3n) is 4.67. The van der Waals surface area contributed by atoms with Gasteiger partial charge in [0.25, 0.3) is 0 Å². The second kappa shape index (κ2) is 9.63. The van der Waals surface area contributed by atoms with Gasteiger partial charge >= 0.3 is 6.36 Å². The average molecular weight is 433 g/mol. The van der Waals surface area contributed by atoms with Gasteiger partial charge in [0.1, 0.15) is 5.75 Å². The number of amides is 1. The number of aromatic nitrogens is 2. The van der Waals surface area contributed by atoms with Crippen molar-refractivity contribution in [2.45, 2.75) is 39.1 Å². The molecule has 0 aliphatic heterocycles. The number of halogens is 3. The second-order valence-corrected chi connectivity index (χ2v) is 6.97. The summed E-state index contributed by atoms with van der Waals surface area (Å²) in [6.45, 7) is 2.04. The van der Waals surface area contributed by atoms with Gasteiger partial charge < -0.3 is 14.2 Å². The Morgan fingerprint density at radius 2 is 1.84 bits per heavy atom. The second-order valence-electron chi connectivity index (χ2n) is 6.97. The first-order valence-electron chi connectivity index (χ1n) is 9.74. The Kier molecular flexibility index (Phi) is 6.94. The molecule has 0 N–H and O–H groups in total. The van der Waals surface area contributed by atoms with Crippen LogP contribution in [-0.4, -0.2) is 34.4 Å². The molecule has 1 amide bonds. The van der Waals surface area contributed by atoms with Crippen molar-refractivity contribution >= 4 is 5.91 Å². The Morgan fingerprint density at radius 3 is 2.52 bits per heavy atom. The van der Waals surface area contributed by atoms with E-state index in [2.05, 4.69) is 21.8 Å². The van der Waals surface area contributed by atoms with Crippen molar-refractivity contribution in [1.29, 1.82) is 0 Å². The van der Waals surface area contributed by atoms with E-state index < -0.39 is 6.36 Å². The Labute approximate surface area is 177 Å². The lowest BCUT2D eigenvalue weighted by Crippen LogP contribution is -2.27. The third kappa shape index (κ3) is 6.31. The molecule has 0 fully saturated rings. The number of benzene rings is 2. The van der Waals surface area contributed by atoms with Gasteiger partial charge in [0, 0.05) is 37.6 Å². The van der Waals surface area contributed by atoms with Gasteiger partial charge in [-0.1, -0.05) is 54.5 Å². The topological polar surface area (TPSA) is 68.5 Å². The standard InChI is InChI=1S/C22H22F3N3O3/c1-3-15-8-10-16(11-9-15)21-26-19(31-27-21)12-13-20(29)28(2)14-17-6-4-5-7-18(17)30-22(23,24)25/h4-11H,3,12-14H2,1-2H3. The zero-order chi connectivity index (χ0) is 22.4. The molecule has 9 heteroatoms. The Morgan fingerprint density at radius 1 is 1.13 bits per heavy atom. The van der Waals surface area contributed by atoms with Crippen molar-refractivity contribution in [3.63, 3.8) is 0 Å². The third-order valence-corrected chi connectivity index (χ3v) is 4.67. The van der Waals surface area contributed by atoms with Crippen LogP contribution in [0.4, 0.5) is 13.2 Å². The first-order chi connectivity index (χ1) is 14.7. The van der Waals surface area contributed by atoms with Gasteiger partial charge in [-0.3, -0.25) is 4.79 Å². The number of carbonyl (C=O) groups is 1. The van der Waals surface area contributed by atoms with Crippen LogP contribution in [0.1, 0.15) is 30.4 Å². The monoisotopic (exact) mass is 433 g/mol. The summed E-state index contributed by atoms with van der Waals surface area (Å²) < 4.78 is 46.9. The highest BCUT2D eigenvalue weighted by Crippen LogP contribution is 2.27. The summed E-state index contributed by atoms with van der Waals surface area (Å²) in [5.41, 5.74) is 2.27. The highest BCUT2D eigenvalue weighted by Gasteiger charge is 2.32. The molecule has 1 heterocycles. The lowest BCUT2D eigenvalue weighted by atomic mass is 10.1. The molecule has 3 rings (SSSR count). The number of carbonyl (C=O) groups excluding carboxylic acids is 1. The van der Waals surface area contributed by atoms with E-state index in [9.17, 15) is 18.0 Å². The van der Waals surface area contributed by atoms with E-state index in [4.69, 9.17) is 4.52 Å². The molecule has 0 unspecified atom stereocenters. The van der Waals surface area contributed by atoms with Crippen molar-refractivity contribution in [3.8, 4) is 17.1 Å². The van der Waals surface area contributed by atoms with Crippen LogP contribution in [0.3, 0.4) is 0 Å². The van der Waals surface area contributed by atoms with Gasteiger partial charge in [0.15, 0.2) is 0 Å². The summed E-state index contributed by atoms with van der Waals surface area (Å²) in [7, 11) is 1.52. The molecule has 0 bridgehead atoms. The molecule has 3 aromatic rings. The molecular weight excluding hydrogens is 411 g/mol. The van der Waals surface area contributed by atoms with Crippen molar-refractivity contribution in [1.82, 2.24) is 15.0 Å². The van der Waals surface area contributed by atoms with E-state index in [1.807, 2.05) is 24.3 Å². The summed E-state index contributed by atoms with van der Waals surface area (Å²) >= 11 is 0. The minimum absolute atomic E-state index is 0.0239. The van der Waals surface area contributed by atoms with Gasteiger partial charge in [-0.2, -0.15) is 4.98 Å². The highest BCUT2D eigenvalue weighted by molar-refractivity contribution is 5.76. The number of rotatable bonds is 8. The van der Waals surface area contributed by atoms with Gasteiger partial charge in [0.2, 0.25) is 17.6 Å². The lowest BCUT2D eigenvalue weighted by molar-refractivity contribution is -0.275. The molecule has 0 atom stereocenters. The number of para-hydroxylation sites is 1. The van der Waals surface area contributed by atoms with E-state index in [0.717, 1.165) is 12.0 Å². The number of nitrogens with zero attached hydrogens (tertiary/aromatic N) is 3. The maximum Gasteiger partial charge on any atom is 0.573 e. The van der Waals surface area contributed by atoms with Crippen LogP contribution < -0.4 is 4.74 Å². The fourth-order valence-electron chi connectivity index (χ4n) is 2.97. The maximum absolute atomic E-state index is 12.6. The van der Waals surface area contributed by atoms with Crippen LogP contribution in [0.25, 0.3) is 11.4 Å². The van der Waals surface area contributed by atoms with E-state index in [1.54, 1.807) is 6.07 Å². The SMILES string of the molecule is CCc1ccc(-c2noc(CCC(=O)N(C)Cc3ccccc3OC(F)(F)F)n2)cc1. The van der Waals surface area contributed by atoms with Crippen molar-refractivity contribution in [2.24, 2.45) is 0 Å². The van der Waals surface area contributed by atoms with Crippen molar-refractivity contribution in [3.05, 3.63) is 65.5 Å². The summed E-state index contributed by atoms with van der Waals surface area (Å²) in [5.74, 6) is 0.160. The van der Waals surface area contributed by atoms with Crippen LogP contribution in [0.15, 0.2) is 53.1 Å². The minimum Gasteiger partial charge on any atom is -0.405 e. The van der Waals surface area contributed by atoms with Gasteiger partial charge in [-0.25, -0.2) is 0 Å². The first-order valence-corrected chi connectivity index (χ1v) is 9.74. The Balaban J connectivity index is 1.57. The predicted molar refractivity (Wildman–Crippen MR) is 107 cm³/mol. The first kappa shape index (κ1) is 22.3. The molecule has 0 radical (unpaired) electrons. The maximum atomic E-state index is 12.6. The Hall–Kier alpha value is -3.36. The Bertz CT molecular complexity index is 1020. The predicted octanol–water partition coefficient (Wildman–Crippen LogP) is 4.79. The van der Waals surface area contributed by atoms with E-state index >= 15 is 0 Å². The molecule has 2 aromatic carbocycles. The van der Waals surface area contributed by atoms with E-state index in [1.165, 1.54) is 35.7 Å². The number of alkyl halides is 3. The average Bonchev–Trinajstić information content (AvgIpc) is 3.21. The summed E-state index contributed by atoms with van der Waals surface area (Å²) in [5, 5.41) is 3.94. The van der Waals surface area contributed by atoms with Crippen LogP contribution >= 0.6 is 0 Å². The zero-order valence-electron chi connectivity index (χ0n) is 17.1. The number of aryl methyl sites for hydroxylation is 2. The summed E-state index contributed by atoms with van der Waals surface area (Å²) in [6, 6.07) is 13.5. The van der Waals surface area contributed by atoms with Crippen LogP contribution in [0.2, 0.25) is 0 Å². The van der Waals surface area contributed by atoms with Crippen LogP contribution in [-0.2, 0) is 24.2 Å². The molecule has 31 heavy (non-hydrogen) atoms. The number of hydrogen-bond donors (Lipinski definition) is 0. The van der Waals surface area contributed by atoms with Gasteiger partial charge in [-0.15, -0.1) is 13.2 Å². The fraction of sp³-hybridized carbons (Fsp3) is 0.318. The van der Waals surface area contributed by atoms with E-state index in [0.29, 0.717) is 11.7 Å². The normalized spacial score (nSPS) is 11.4. The summed E-state index contributed by atoms with van der Waals surface area (Å²) in [6.07, 6.45) is -3.56. The summed E-state index contributed by atoms with van der Waals surface area (Å²) in [4.78, 5) is 18.1. The van der Waals surface area contributed by atoms with Crippen molar-refractivity contribution < 1.29 is 27.2 Å². The number of hydrogen-bond acceptors (Lipinski definition) is 5. The lowest BCUT2D eigenvalue weighted by Gasteiger charge is -2.19. The zero-order valence-corrected chi connectivity index (χ0v) is 17.1. The van der Waals surface area contributed by atoms with Crippen molar-refractivity contribution in [2.75, 3.05) is 7.05 Å². The quantitative estimate of drug-likeness (QED) is 0.511. The van der Waals surface area contributed by atoms with Crippen LogP contribution in [0, 0.1) is 0 Å². The highest BCUT2D eigenvalue weighted by atomic mass is 19.4. The smallest absolute Gasteiger partial charge is 0.405 e. The van der Waals surface area contributed by atoms with Gasteiger partial charge in [-0.05, 0) is 18.1 Å². The molecule has 6 nitrogen and oxygen atoms in total. The number of ether oxygens (including phenoxy) is 1. The molecule has 164 valence electrons. The molecule has 0 aliphatic rings. The molecule has 0 saturated heterocycles. The van der Waals surface area contributed by atoms with Gasteiger partial charge in [0.05, 0.1) is 0 Å². The molecule has 0 spiro atoms. The molecule has 0 saturated carbocycles. The fourth-order valence-corrected chi connectivity index (χ4v) is 2.97. The van der Waals surface area contributed by atoms with Crippen LogP contribution in [0.5, 0.6) is 5.75 Å². The molecular formula is C22H22F3N3O3. The molecule has 1 aromatic heterocycles. The molecule has 0 aliphatic carbocycles. The van der Waals surface area contributed by atoms with E-state index in [-0.39, 0.29) is 36.6 Å².